The molecule has 1 N–H and O–H groups in total. The Hall–Kier alpha value is -0.160. The van der Waals surface area contributed by atoms with Crippen molar-refractivity contribution in [2.45, 2.75) is 33.4 Å². The summed E-state index contributed by atoms with van der Waals surface area (Å²) >= 11 is 0. The minimum absolute atomic E-state index is 0.0983. The predicted octanol–water partition coefficient (Wildman–Crippen LogP) is 1.12. The zero-order chi connectivity index (χ0) is 11.4. The number of hydrogen-bond donors (Lipinski definition) is 1. The van der Waals surface area contributed by atoms with Crippen LogP contribution in [0.2, 0.25) is 0 Å². The van der Waals surface area contributed by atoms with Gasteiger partial charge in [0.2, 0.25) is 0 Å². The van der Waals surface area contributed by atoms with Crippen molar-refractivity contribution in [1.82, 2.24) is 9.96 Å². The Balaban J connectivity index is 4.15. The molecule has 14 heavy (non-hydrogen) atoms. The summed E-state index contributed by atoms with van der Waals surface area (Å²) in [5.74, 6) is 0.599. The standard InChI is InChI=1S/C10H24N2O2/c1-9(2)7-11(5)10(3,4)14-12(6)8-13/h9,13H,7-8H2,1-6H3. The van der Waals surface area contributed by atoms with E-state index in [1.807, 2.05) is 20.9 Å². The van der Waals surface area contributed by atoms with Crippen molar-refractivity contribution >= 4 is 0 Å². The topological polar surface area (TPSA) is 35.9 Å². The Labute approximate surface area is 87.4 Å². The number of hydrogen-bond acceptors (Lipinski definition) is 4. The lowest BCUT2D eigenvalue weighted by Crippen LogP contribution is -2.48. The van der Waals surface area contributed by atoms with Gasteiger partial charge in [-0.3, -0.25) is 9.74 Å². The zero-order valence-corrected chi connectivity index (χ0v) is 10.2. The highest BCUT2D eigenvalue weighted by atomic mass is 16.7. The summed E-state index contributed by atoms with van der Waals surface area (Å²) in [4.78, 5) is 7.69. The third-order valence-corrected chi connectivity index (χ3v) is 2.14. The molecule has 0 saturated heterocycles. The maximum Gasteiger partial charge on any atom is 0.137 e. The van der Waals surface area contributed by atoms with Crippen LogP contribution in [-0.4, -0.2) is 48.2 Å². The fourth-order valence-electron chi connectivity index (χ4n) is 1.25. The molecule has 0 rings (SSSR count). The second-order valence-corrected chi connectivity index (χ2v) is 4.58. The van der Waals surface area contributed by atoms with Gasteiger partial charge in [-0.1, -0.05) is 13.8 Å². The van der Waals surface area contributed by atoms with Crippen LogP contribution in [0.5, 0.6) is 0 Å². The van der Waals surface area contributed by atoms with E-state index in [0.29, 0.717) is 5.92 Å². The molecule has 0 aromatic carbocycles. The number of nitrogens with zero attached hydrogens (tertiary/aromatic N) is 2. The van der Waals surface area contributed by atoms with Crippen molar-refractivity contribution < 1.29 is 9.94 Å². The second-order valence-electron chi connectivity index (χ2n) is 4.58. The fraction of sp³-hybridized carbons (Fsp3) is 1.00. The highest BCUT2D eigenvalue weighted by Gasteiger charge is 2.26. The lowest BCUT2D eigenvalue weighted by Gasteiger charge is -2.38. The van der Waals surface area contributed by atoms with Crippen LogP contribution in [0, 0.1) is 5.92 Å². The van der Waals surface area contributed by atoms with Gasteiger partial charge in [-0.15, -0.1) is 0 Å². The highest BCUT2D eigenvalue weighted by Crippen LogP contribution is 2.16. The molecule has 86 valence electrons. The maximum absolute atomic E-state index is 8.84. The van der Waals surface area contributed by atoms with Crippen molar-refractivity contribution in [2.75, 3.05) is 27.4 Å². The van der Waals surface area contributed by atoms with Gasteiger partial charge in [0.1, 0.15) is 12.5 Å². The summed E-state index contributed by atoms with van der Waals surface area (Å²) in [6, 6.07) is 0. The third kappa shape index (κ3) is 4.91. The highest BCUT2D eigenvalue weighted by molar-refractivity contribution is 4.68. The Bertz CT molecular complexity index is 160. The van der Waals surface area contributed by atoms with Gasteiger partial charge in [-0.2, -0.15) is 5.06 Å². The van der Waals surface area contributed by atoms with Crippen molar-refractivity contribution in [1.29, 1.82) is 0 Å². The summed E-state index contributed by atoms with van der Waals surface area (Å²) in [6.45, 7) is 9.18. The largest absolute Gasteiger partial charge is 0.379 e. The van der Waals surface area contributed by atoms with Gasteiger partial charge >= 0.3 is 0 Å². The van der Waals surface area contributed by atoms with Gasteiger partial charge < -0.3 is 5.11 Å². The maximum atomic E-state index is 8.84. The lowest BCUT2D eigenvalue weighted by molar-refractivity contribution is -0.290. The van der Waals surface area contributed by atoms with E-state index >= 15 is 0 Å². The van der Waals surface area contributed by atoms with Crippen LogP contribution in [0.15, 0.2) is 0 Å². The molecule has 0 aromatic rings. The minimum Gasteiger partial charge on any atom is -0.379 e. The van der Waals surface area contributed by atoms with Crippen molar-refractivity contribution in [2.24, 2.45) is 5.92 Å². The molecule has 0 radical (unpaired) electrons. The van der Waals surface area contributed by atoms with Crippen LogP contribution in [0.4, 0.5) is 0 Å². The molecule has 4 heteroatoms. The van der Waals surface area contributed by atoms with Crippen LogP contribution in [0.25, 0.3) is 0 Å². The molecule has 0 unspecified atom stereocenters. The van der Waals surface area contributed by atoms with Gasteiger partial charge in [0.05, 0.1) is 0 Å². The van der Waals surface area contributed by atoms with Crippen molar-refractivity contribution in [3.8, 4) is 0 Å². The van der Waals surface area contributed by atoms with Gasteiger partial charge in [0, 0.05) is 13.6 Å². The number of aliphatic hydroxyl groups is 1. The summed E-state index contributed by atoms with van der Waals surface area (Å²) in [5, 5.41) is 10.3. The van der Waals surface area contributed by atoms with Crippen molar-refractivity contribution in [3.63, 3.8) is 0 Å². The lowest BCUT2D eigenvalue weighted by atomic mass is 10.1. The van der Waals surface area contributed by atoms with Crippen LogP contribution < -0.4 is 0 Å². The Morgan fingerprint density at radius 3 is 2.14 bits per heavy atom. The molecule has 0 aliphatic carbocycles. The molecule has 0 spiro atoms. The third-order valence-electron chi connectivity index (χ3n) is 2.14. The van der Waals surface area contributed by atoms with E-state index in [9.17, 15) is 0 Å². The van der Waals surface area contributed by atoms with Gasteiger partial charge in [0.25, 0.3) is 0 Å². The van der Waals surface area contributed by atoms with Crippen LogP contribution in [0.3, 0.4) is 0 Å². The summed E-state index contributed by atoms with van der Waals surface area (Å²) in [5.41, 5.74) is -0.387. The van der Waals surface area contributed by atoms with Crippen molar-refractivity contribution in [3.05, 3.63) is 0 Å². The molecule has 0 fully saturated rings. The average Bonchev–Trinajstić information content (AvgIpc) is 2.02. The average molecular weight is 204 g/mol. The first kappa shape index (κ1) is 13.8. The molecule has 4 nitrogen and oxygen atoms in total. The van der Waals surface area contributed by atoms with E-state index in [1.54, 1.807) is 7.05 Å². The molecule has 0 bridgehead atoms. The zero-order valence-electron chi connectivity index (χ0n) is 10.2. The SMILES string of the molecule is CC(C)CN(C)C(C)(C)ON(C)CO. The van der Waals surface area contributed by atoms with Crippen LogP contribution >= 0.6 is 0 Å². The van der Waals surface area contributed by atoms with E-state index in [1.165, 1.54) is 5.06 Å². The predicted molar refractivity (Wildman–Crippen MR) is 57.5 cm³/mol. The van der Waals surface area contributed by atoms with Crippen LogP contribution in [0.1, 0.15) is 27.7 Å². The first-order chi connectivity index (χ1) is 6.29. The molecule has 0 saturated carbocycles. The van der Waals surface area contributed by atoms with E-state index in [-0.39, 0.29) is 12.5 Å². The first-order valence-electron chi connectivity index (χ1n) is 5.02. The number of rotatable bonds is 6. The molecule has 0 aliphatic rings. The second kappa shape index (κ2) is 5.66. The summed E-state index contributed by atoms with van der Waals surface area (Å²) < 4.78 is 0. The normalized spacial score (nSPS) is 13.3. The van der Waals surface area contributed by atoms with Gasteiger partial charge in [-0.25, -0.2) is 0 Å². The van der Waals surface area contributed by atoms with Gasteiger partial charge in [0.15, 0.2) is 0 Å². The number of aliphatic hydroxyl groups excluding tert-OH is 1. The van der Waals surface area contributed by atoms with E-state index in [4.69, 9.17) is 9.94 Å². The smallest absolute Gasteiger partial charge is 0.137 e. The molecule has 0 aliphatic heterocycles. The number of hydroxylamine groups is 2. The monoisotopic (exact) mass is 204 g/mol. The van der Waals surface area contributed by atoms with E-state index in [2.05, 4.69) is 18.7 Å². The van der Waals surface area contributed by atoms with E-state index < -0.39 is 0 Å². The summed E-state index contributed by atoms with van der Waals surface area (Å²) in [7, 11) is 3.73. The Morgan fingerprint density at radius 2 is 1.79 bits per heavy atom. The van der Waals surface area contributed by atoms with Crippen LogP contribution in [-0.2, 0) is 4.84 Å². The molecule has 0 aromatic heterocycles. The Kier molecular flexibility index (Phi) is 5.59. The summed E-state index contributed by atoms with van der Waals surface area (Å²) in [6.07, 6.45) is 0. The molecular weight excluding hydrogens is 180 g/mol. The Morgan fingerprint density at radius 1 is 1.29 bits per heavy atom. The molecule has 0 heterocycles. The molecular formula is C10H24N2O2. The fourth-order valence-corrected chi connectivity index (χ4v) is 1.25. The van der Waals surface area contributed by atoms with E-state index in [0.717, 1.165) is 6.54 Å². The quantitative estimate of drug-likeness (QED) is 0.519. The molecule has 0 atom stereocenters. The molecule has 0 amide bonds. The first-order valence-corrected chi connectivity index (χ1v) is 5.02. The minimum atomic E-state index is -0.387. The van der Waals surface area contributed by atoms with Gasteiger partial charge in [-0.05, 0) is 26.8 Å².